The minimum atomic E-state index is -1.77. The highest BCUT2D eigenvalue weighted by Crippen LogP contribution is 2.25. The Morgan fingerprint density at radius 3 is 2.63 bits per heavy atom. The average molecular weight is 279 g/mol. The summed E-state index contributed by atoms with van der Waals surface area (Å²) in [5.74, 6) is -7.56. The lowest BCUT2D eigenvalue weighted by atomic mass is 10.1. The molecule has 0 saturated heterocycles. The van der Waals surface area contributed by atoms with Crippen LogP contribution >= 0.6 is 0 Å². The number of halogens is 3. The van der Waals surface area contributed by atoms with Gasteiger partial charge in [-0.15, -0.1) is 0 Å². The lowest BCUT2D eigenvalue weighted by molar-refractivity contribution is 0.0608. The highest BCUT2D eigenvalue weighted by Gasteiger charge is 2.22. The van der Waals surface area contributed by atoms with Crippen molar-refractivity contribution in [2.45, 2.75) is 6.10 Å². The molecule has 5 nitrogen and oxygen atoms in total. The molecule has 0 saturated carbocycles. The molecule has 1 atom stereocenters. The number of hydrogen-bond acceptors (Lipinski definition) is 4. The molecule has 3 N–H and O–H groups in total. The highest BCUT2D eigenvalue weighted by molar-refractivity contribution is 5.95. The van der Waals surface area contributed by atoms with Crippen LogP contribution in [0.5, 0.6) is 5.75 Å². The van der Waals surface area contributed by atoms with Crippen LogP contribution in [0.1, 0.15) is 10.4 Å². The number of rotatable bonds is 5. The number of aromatic hydroxyl groups is 1. The third-order valence-corrected chi connectivity index (χ3v) is 2.23. The zero-order valence-corrected chi connectivity index (χ0v) is 9.91. The molecule has 0 radical (unpaired) electrons. The Hall–Kier alpha value is -1.80. The van der Waals surface area contributed by atoms with Crippen LogP contribution < -0.4 is 5.32 Å². The van der Waals surface area contributed by atoms with E-state index in [0.29, 0.717) is 6.07 Å². The minimum Gasteiger partial charge on any atom is -0.503 e. The van der Waals surface area contributed by atoms with Gasteiger partial charge in [0, 0.05) is 13.7 Å². The lowest BCUT2D eigenvalue weighted by Crippen LogP contribution is -2.34. The molecule has 8 heteroatoms. The predicted octanol–water partition coefficient (Wildman–Crippen LogP) is 0.547. The number of carbonyl (C=O) groups excluding carboxylic acids is 1. The lowest BCUT2D eigenvalue weighted by Gasteiger charge is -2.11. The Morgan fingerprint density at radius 2 is 2.05 bits per heavy atom. The van der Waals surface area contributed by atoms with Crippen LogP contribution in [-0.4, -0.2) is 42.5 Å². The number of aliphatic hydroxyl groups excluding tert-OH is 1. The maximum Gasteiger partial charge on any atom is 0.254 e. The molecule has 0 bridgehead atoms. The number of carbonyl (C=O) groups is 1. The standard InChI is InChI=1S/C11H12F3NO4/c1-19-4-5(16)3-15-11(18)6-2-7(12)9(14)10(17)8(6)13/h2,5,16-17H,3-4H2,1H3,(H,15,18). The molecular formula is C11H12F3NO4. The summed E-state index contributed by atoms with van der Waals surface area (Å²) in [7, 11) is 1.33. The van der Waals surface area contributed by atoms with Gasteiger partial charge in [-0.25, -0.2) is 8.78 Å². The molecule has 0 aliphatic carbocycles. The van der Waals surface area contributed by atoms with Crippen molar-refractivity contribution in [3.05, 3.63) is 29.1 Å². The van der Waals surface area contributed by atoms with Crippen molar-refractivity contribution < 1.29 is 32.9 Å². The van der Waals surface area contributed by atoms with Crippen molar-refractivity contribution in [2.75, 3.05) is 20.3 Å². The van der Waals surface area contributed by atoms with E-state index in [1.165, 1.54) is 7.11 Å². The maximum atomic E-state index is 13.4. The van der Waals surface area contributed by atoms with Gasteiger partial charge in [-0.3, -0.25) is 4.79 Å². The van der Waals surface area contributed by atoms with Gasteiger partial charge in [0.05, 0.1) is 18.3 Å². The number of hydrogen-bond donors (Lipinski definition) is 3. The van der Waals surface area contributed by atoms with Crippen LogP contribution in [0.25, 0.3) is 0 Å². The van der Waals surface area contributed by atoms with E-state index in [-0.39, 0.29) is 13.2 Å². The zero-order chi connectivity index (χ0) is 14.6. The molecule has 0 spiro atoms. The van der Waals surface area contributed by atoms with Crippen molar-refractivity contribution in [1.82, 2.24) is 5.32 Å². The topological polar surface area (TPSA) is 78.8 Å². The SMILES string of the molecule is COCC(O)CNC(=O)c1cc(F)c(F)c(O)c1F. The normalized spacial score (nSPS) is 12.3. The number of benzene rings is 1. The van der Waals surface area contributed by atoms with Crippen LogP contribution in [0, 0.1) is 17.5 Å². The molecule has 19 heavy (non-hydrogen) atoms. The van der Waals surface area contributed by atoms with Crippen molar-refractivity contribution in [2.24, 2.45) is 0 Å². The fourth-order valence-corrected chi connectivity index (χ4v) is 1.31. The molecule has 1 aromatic rings. The average Bonchev–Trinajstić information content (AvgIpc) is 2.38. The maximum absolute atomic E-state index is 13.4. The van der Waals surface area contributed by atoms with E-state index in [0.717, 1.165) is 0 Å². The van der Waals surface area contributed by atoms with Gasteiger partial charge in [0.15, 0.2) is 17.4 Å². The van der Waals surface area contributed by atoms with Crippen molar-refractivity contribution in [3.8, 4) is 5.75 Å². The predicted molar refractivity (Wildman–Crippen MR) is 58.2 cm³/mol. The zero-order valence-electron chi connectivity index (χ0n) is 9.91. The molecule has 106 valence electrons. The van der Waals surface area contributed by atoms with E-state index >= 15 is 0 Å². The van der Waals surface area contributed by atoms with E-state index < -0.39 is 40.8 Å². The van der Waals surface area contributed by atoms with E-state index in [9.17, 15) is 23.1 Å². The summed E-state index contributed by atoms with van der Waals surface area (Å²) in [5, 5.41) is 20.3. The second-order valence-electron chi connectivity index (χ2n) is 3.70. The number of phenolic OH excluding ortho intramolecular Hbond substituents is 1. The quantitative estimate of drug-likeness (QED) is 0.688. The molecule has 1 amide bonds. The summed E-state index contributed by atoms with van der Waals surface area (Å²) in [4.78, 5) is 11.5. The van der Waals surface area contributed by atoms with Gasteiger partial charge in [0.2, 0.25) is 5.82 Å². The van der Waals surface area contributed by atoms with Gasteiger partial charge in [-0.05, 0) is 6.07 Å². The Morgan fingerprint density at radius 1 is 1.42 bits per heavy atom. The summed E-state index contributed by atoms with van der Waals surface area (Å²) in [6, 6.07) is 0.322. The summed E-state index contributed by atoms with van der Waals surface area (Å²) in [6.07, 6.45) is -1.03. The largest absolute Gasteiger partial charge is 0.503 e. The second-order valence-corrected chi connectivity index (χ2v) is 3.70. The van der Waals surface area contributed by atoms with Crippen molar-refractivity contribution in [3.63, 3.8) is 0 Å². The van der Waals surface area contributed by atoms with Gasteiger partial charge in [0.1, 0.15) is 0 Å². The Bertz CT molecular complexity index is 481. The van der Waals surface area contributed by atoms with Gasteiger partial charge in [0.25, 0.3) is 5.91 Å². The fraction of sp³-hybridized carbons (Fsp3) is 0.364. The number of nitrogens with one attached hydrogen (secondary N) is 1. The Kier molecular flexibility index (Phi) is 5.13. The summed E-state index contributed by atoms with van der Waals surface area (Å²) in [5.41, 5.74) is -0.860. The smallest absolute Gasteiger partial charge is 0.254 e. The Labute approximate surface area is 106 Å². The minimum absolute atomic E-state index is 0.0637. The summed E-state index contributed by atoms with van der Waals surface area (Å²) in [6.45, 7) is -0.336. The van der Waals surface area contributed by atoms with E-state index in [1.54, 1.807) is 0 Å². The molecule has 0 aliphatic heterocycles. The summed E-state index contributed by atoms with van der Waals surface area (Å²) >= 11 is 0. The van der Waals surface area contributed by atoms with Crippen LogP contribution in [0.15, 0.2) is 6.07 Å². The van der Waals surface area contributed by atoms with E-state index in [1.807, 2.05) is 0 Å². The number of amides is 1. The first-order valence-corrected chi connectivity index (χ1v) is 5.20. The highest BCUT2D eigenvalue weighted by atomic mass is 19.2. The number of ether oxygens (including phenoxy) is 1. The fourth-order valence-electron chi connectivity index (χ4n) is 1.31. The first-order chi connectivity index (χ1) is 8.88. The van der Waals surface area contributed by atoms with Gasteiger partial charge in [-0.1, -0.05) is 0 Å². The third-order valence-electron chi connectivity index (χ3n) is 2.23. The molecule has 1 unspecified atom stereocenters. The second kappa shape index (κ2) is 6.39. The van der Waals surface area contributed by atoms with Crippen LogP contribution in [0.2, 0.25) is 0 Å². The molecule has 1 rings (SSSR count). The third kappa shape index (κ3) is 3.58. The van der Waals surface area contributed by atoms with Crippen LogP contribution in [-0.2, 0) is 4.74 Å². The van der Waals surface area contributed by atoms with Gasteiger partial charge >= 0.3 is 0 Å². The number of methoxy groups -OCH3 is 1. The molecule has 0 heterocycles. The molecule has 0 aromatic heterocycles. The molecule has 0 aliphatic rings. The van der Waals surface area contributed by atoms with Crippen molar-refractivity contribution >= 4 is 5.91 Å². The summed E-state index contributed by atoms with van der Waals surface area (Å²) < 4.78 is 43.7. The van der Waals surface area contributed by atoms with Gasteiger partial charge < -0.3 is 20.3 Å². The van der Waals surface area contributed by atoms with E-state index in [2.05, 4.69) is 10.1 Å². The first kappa shape index (κ1) is 15.3. The van der Waals surface area contributed by atoms with Crippen LogP contribution in [0.4, 0.5) is 13.2 Å². The number of aliphatic hydroxyl groups is 1. The van der Waals surface area contributed by atoms with Crippen LogP contribution in [0.3, 0.4) is 0 Å². The molecular weight excluding hydrogens is 267 g/mol. The van der Waals surface area contributed by atoms with Gasteiger partial charge in [-0.2, -0.15) is 4.39 Å². The number of phenols is 1. The Balaban J connectivity index is 2.83. The first-order valence-electron chi connectivity index (χ1n) is 5.20. The molecule has 1 aromatic carbocycles. The van der Waals surface area contributed by atoms with E-state index in [4.69, 9.17) is 5.11 Å². The molecule has 0 fully saturated rings. The van der Waals surface area contributed by atoms with Crippen molar-refractivity contribution in [1.29, 1.82) is 0 Å². The monoisotopic (exact) mass is 279 g/mol.